The molecule has 6 nitrogen and oxygen atoms in total. The van der Waals surface area contributed by atoms with E-state index < -0.39 is 24.3 Å². The number of nitrogens with one attached hydrogen (secondary N) is 1. The lowest BCUT2D eigenvalue weighted by Gasteiger charge is -2.20. The van der Waals surface area contributed by atoms with Gasteiger partial charge in [-0.05, 0) is 28.9 Å². The monoisotopic (exact) mass is 395 g/mol. The van der Waals surface area contributed by atoms with Crippen molar-refractivity contribution in [3.8, 4) is 0 Å². The Balaban J connectivity index is 2.88. The van der Waals surface area contributed by atoms with E-state index >= 15 is 0 Å². The summed E-state index contributed by atoms with van der Waals surface area (Å²) in [5.41, 5.74) is 0.731. The van der Waals surface area contributed by atoms with E-state index in [1.165, 1.54) is 0 Å². The van der Waals surface area contributed by atoms with E-state index in [9.17, 15) is 8.42 Å². The molecule has 0 aliphatic carbocycles. The molecule has 0 bridgehead atoms. The van der Waals surface area contributed by atoms with E-state index in [2.05, 4.69) is 50.3 Å². The second-order valence-corrected chi connectivity index (χ2v) is 14.4. The van der Waals surface area contributed by atoms with Crippen molar-refractivity contribution in [3.05, 3.63) is 22.2 Å². The number of halogens is 1. The SMILES string of the molecule is Cc1nc(C(NS(C)(=O)=O)OCC[Si](C)(C)C)ncc1Br. The molecule has 1 N–H and O–H groups in total. The fraction of sp³-hybridized carbons (Fsp3) is 0.667. The summed E-state index contributed by atoms with van der Waals surface area (Å²) < 4.78 is 31.8. The van der Waals surface area contributed by atoms with Crippen molar-refractivity contribution in [2.45, 2.75) is 38.8 Å². The molecule has 1 rings (SSSR count). The Labute approximate surface area is 135 Å². The van der Waals surface area contributed by atoms with Crippen molar-refractivity contribution in [1.29, 1.82) is 0 Å². The highest BCUT2D eigenvalue weighted by Gasteiger charge is 2.22. The van der Waals surface area contributed by atoms with Crippen molar-refractivity contribution in [1.82, 2.24) is 14.7 Å². The average Bonchev–Trinajstić information content (AvgIpc) is 2.28. The zero-order chi connectivity index (χ0) is 16.3. The molecule has 0 amide bonds. The Hall–Kier alpha value is -0.353. The van der Waals surface area contributed by atoms with Gasteiger partial charge < -0.3 is 4.74 Å². The van der Waals surface area contributed by atoms with Gasteiger partial charge in [0.25, 0.3) is 0 Å². The molecule has 0 aromatic carbocycles. The van der Waals surface area contributed by atoms with Gasteiger partial charge in [0.2, 0.25) is 10.0 Å². The molecule has 0 fully saturated rings. The van der Waals surface area contributed by atoms with Crippen LogP contribution in [-0.4, -0.2) is 39.3 Å². The first-order chi connectivity index (χ1) is 9.48. The third-order valence-electron chi connectivity index (χ3n) is 2.63. The molecule has 21 heavy (non-hydrogen) atoms. The first kappa shape index (κ1) is 18.7. The minimum atomic E-state index is -3.42. The fourth-order valence-electron chi connectivity index (χ4n) is 1.44. The topological polar surface area (TPSA) is 81.2 Å². The number of nitrogens with zero attached hydrogens (tertiary/aromatic N) is 2. The van der Waals surface area contributed by atoms with E-state index in [0.717, 1.165) is 22.5 Å². The molecular weight excluding hydrogens is 374 g/mol. The predicted molar refractivity (Wildman–Crippen MR) is 89.3 cm³/mol. The number of ether oxygens (including phenoxy) is 1. The summed E-state index contributed by atoms with van der Waals surface area (Å²) in [7, 11) is -4.67. The third kappa shape index (κ3) is 7.46. The largest absolute Gasteiger partial charge is 0.355 e. The first-order valence-corrected chi connectivity index (χ1v) is 12.9. The number of sulfonamides is 1. The van der Waals surface area contributed by atoms with Crippen LogP contribution in [0.15, 0.2) is 10.7 Å². The predicted octanol–water partition coefficient (Wildman–Crippen LogP) is 2.45. The van der Waals surface area contributed by atoms with Crippen LogP contribution in [0.3, 0.4) is 0 Å². The summed E-state index contributed by atoms with van der Waals surface area (Å²) in [5, 5.41) is 0. The standard InChI is InChI=1S/C12H22BrN3O3SSi/c1-9-10(13)8-14-11(15-9)12(16-20(2,17)18)19-6-7-21(3,4)5/h8,12,16H,6-7H2,1-5H3. The van der Waals surface area contributed by atoms with Gasteiger partial charge in [-0.3, -0.25) is 0 Å². The summed E-state index contributed by atoms with van der Waals surface area (Å²) in [6, 6.07) is 0.935. The van der Waals surface area contributed by atoms with Crippen molar-refractivity contribution in [3.63, 3.8) is 0 Å². The van der Waals surface area contributed by atoms with Crippen LogP contribution in [0.1, 0.15) is 17.7 Å². The molecule has 1 aromatic rings. The molecule has 0 saturated carbocycles. The van der Waals surface area contributed by atoms with E-state index in [0.29, 0.717) is 12.4 Å². The fourth-order valence-corrected chi connectivity index (χ4v) is 2.92. The summed E-state index contributed by atoms with van der Waals surface area (Å²) in [6.07, 6.45) is 1.83. The Morgan fingerprint density at radius 1 is 1.43 bits per heavy atom. The second kappa shape index (κ2) is 7.27. The lowest BCUT2D eigenvalue weighted by atomic mass is 10.4. The van der Waals surface area contributed by atoms with Gasteiger partial charge in [-0.1, -0.05) is 19.6 Å². The van der Waals surface area contributed by atoms with Crippen LogP contribution in [0.25, 0.3) is 0 Å². The Morgan fingerprint density at radius 3 is 2.52 bits per heavy atom. The minimum Gasteiger partial charge on any atom is -0.355 e. The lowest BCUT2D eigenvalue weighted by Crippen LogP contribution is -2.32. The Kier molecular flexibility index (Phi) is 6.48. The average molecular weight is 396 g/mol. The zero-order valence-electron chi connectivity index (χ0n) is 13.0. The third-order valence-corrected chi connectivity index (χ3v) is 5.76. The van der Waals surface area contributed by atoms with Gasteiger partial charge >= 0.3 is 0 Å². The second-order valence-electron chi connectivity index (χ2n) is 6.11. The molecule has 0 spiro atoms. The Morgan fingerprint density at radius 2 is 2.05 bits per heavy atom. The highest BCUT2D eigenvalue weighted by Crippen LogP contribution is 2.18. The van der Waals surface area contributed by atoms with Crippen molar-refractivity contribution in [2.75, 3.05) is 12.9 Å². The maximum atomic E-state index is 11.5. The summed E-state index contributed by atoms with van der Waals surface area (Å²) in [4.78, 5) is 8.41. The maximum absolute atomic E-state index is 11.5. The summed E-state index contributed by atoms with van der Waals surface area (Å²) >= 11 is 3.32. The van der Waals surface area contributed by atoms with Gasteiger partial charge in [-0.25, -0.2) is 18.4 Å². The van der Waals surface area contributed by atoms with Crippen molar-refractivity contribution in [2.24, 2.45) is 0 Å². The smallest absolute Gasteiger partial charge is 0.211 e. The molecule has 1 unspecified atom stereocenters. The van der Waals surface area contributed by atoms with Crippen molar-refractivity contribution < 1.29 is 13.2 Å². The highest BCUT2D eigenvalue weighted by molar-refractivity contribution is 9.10. The van der Waals surface area contributed by atoms with Gasteiger partial charge in [0.15, 0.2) is 12.1 Å². The van der Waals surface area contributed by atoms with Crippen molar-refractivity contribution >= 4 is 34.0 Å². The van der Waals surface area contributed by atoms with E-state index in [4.69, 9.17) is 4.74 Å². The van der Waals surface area contributed by atoms with Crippen LogP contribution in [0.5, 0.6) is 0 Å². The number of aryl methyl sites for hydroxylation is 1. The van der Waals surface area contributed by atoms with Gasteiger partial charge in [0, 0.05) is 20.9 Å². The number of aromatic nitrogens is 2. The zero-order valence-corrected chi connectivity index (χ0v) is 16.4. The van der Waals surface area contributed by atoms with Crippen LogP contribution in [0.4, 0.5) is 0 Å². The van der Waals surface area contributed by atoms with Crippen LogP contribution < -0.4 is 4.72 Å². The van der Waals surface area contributed by atoms with Gasteiger partial charge in [0.05, 0.1) is 16.4 Å². The van der Waals surface area contributed by atoms with Crippen LogP contribution in [0, 0.1) is 6.92 Å². The molecule has 9 heteroatoms. The molecule has 1 atom stereocenters. The van der Waals surface area contributed by atoms with Gasteiger partial charge in [-0.2, -0.15) is 4.72 Å². The molecule has 1 heterocycles. The number of hydrogen-bond donors (Lipinski definition) is 1. The van der Waals surface area contributed by atoms with E-state index in [-0.39, 0.29) is 0 Å². The van der Waals surface area contributed by atoms with Gasteiger partial charge in [-0.15, -0.1) is 0 Å². The molecule has 120 valence electrons. The summed E-state index contributed by atoms with van der Waals surface area (Å²) in [5.74, 6) is 0.316. The van der Waals surface area contributed by atoms with E-state index in [1.54, 1.807) is 6.20 Å². The maximum Gasteiger partial charge on any atom is 0.211 e. The molecular formula is C12H22BrN3O3SSi. The normalized spacial score (nSPS) is 14.2. The van der Waals surface area contributed by atoms with Crippen LogP contribution in [0.2, 0.25) is 25.7 Å². The lowest BCUT2D eigenvalue weighted by molar-refractivity contribution is 0.0476. The molecule has 1 aromatic heterocycles. The summed E-state index contributed by atoms with van der Waals surface area (Å²) in [6.45, 7) is 8.98. The molecule has 0 aliphatic rings. The number of rotatable bonds is 7. The quantitative estimate of drug-likeness (QED) is 0.566. The van der Waals surface area contributed by atoms with Crippen LogP contribution in [-0.2, 0) is 14.8 Å². The number of hydrogen-bond acceptors (Lipinski definition) is 5. The molecule has 0 radical (unpaired) electrons. The Bertz CT molecular complexity index is 590. The minimum absolute atomic E-state index is 0.316. The molecule has 0 saturated heterocycles. The van der Waals surface area contributed by atoms with Gasteiger partial charge in [0.1, 0.15) is 0 Å². The van der Waals surface area contributed by atoms with Crippen LogP contribution >= 0.6 is 15.9 Å². The molecule has 0 aliphatic heterocycles. The van der Waals surface area contributed by atoms with E-state index in [1.807, 2.05) is 6.92 Å². The highest BCUT2D eigenvalue weighted by atomic mass is 79.9. The first-order valence-electron chi connectivity index (χ1n) is 6.56.